The Morgan fingerprint density at radius 2 is 1.58 bits per heavy atom. The molecule has 0 aromatic heterocycles. The molecular formula is C16H24O3. The van der Waals surface area contributed by atoms with E-state index < -0.39 is 0 Å². The van der Waals surface area contributed by atoms with Gasteiger partial charge in [-0.15, -0.1) is 0 Å². The van der Waals surface area contributed by atoms with Crippen molar-refractivity contribution in [3.63, 3.8) is 0 Å². The number of unbranched alkanes of at least 4 members (excludes halogenated alkanes) is 6. The number of ketones is 2. The van der Waals surface area contributed by atoms with E-state index in [9.17, 15) is 9.59 Å². The van der Waals surface area contributed by atoms with Gasteiger partial charge in [0.25, 0.3) is 0 Å². The summed E-state index contributed by atoms with van der Waals surface area (Å²) in [6.07, 6.45) is 11.8. The van der Waals surface area contributed by atoms with E-state index in [0.717, 1.165) is 12.8 Å². The monoisotopic (exact) mass is 264 g/mol. The molecule has 0 spiro atoms. The number of rotatable bonds is 9. The van der Waals surface area contributed by atoms with Gasteiger partial charge in [-0.1, -0.05) is 45.4 Å². The van der Waals surface area contributed by atoms with E-state index in [4.69, 9.17) is 4.74 Å². The third-order valence-corrected chi connectivity index (χ3v) is 3.37. The Morgan fingerprint density at radius 1 is 0.947 bits per heavy atom. The number of Topliss-reactive ketones (excluding diaryl/α,β-unsaturated/α-hetero) is 1. The van der Waals surface area contributed by atoms with E-state index in [1.165, 1.54) is 51.4 Å². The van der Waals surface area contributed by atoms with Crippen molar-refractivity contribution in [1.29, 1.82) is 0 Å². The van der Waals surface area contributed by atoms with E-state index in [-0.39, 0.29) is 17.3 Å². The molecule has 0 atom stereocenters. The summed E-state index contributed by atoms with van der Waals surface area (Å²) < 4.78 is 4.93. The van der Waals surface area contributed by atoms with Crippen molar-refractivity contribution >= 4 is 11.6 Å². The summed E-state index contributed by atoms with van der Waals surface area (Å²) in [5.41, 5.74) is 0.595. The van der Waals surface area contributed by atoms with Crippen molar-refractivity contribution in [2.45, 2.75) is 58.3 Å². The Hall–Kier alpha value is -1.38. The van der Waals surface area contributed by atoms with Gasteiger partial charge in [0.15, 0.2) is 11.5 Å². The van der Waals surface area contributed by atoms with Gasteiger partial charge in [0, 0.05) is 11.6 Å². The maximum atomic E-state index is 11.9. The van der Waals surface area contributed by atoms with Crippen LogP contribution in [0.15, 0.2) is 23.5 Å². The zero-order valence-electron chi connectivity index (χ0n) is 12.0. The van der Waals surface area contributed by atoms with Gasteiger partial charge in [-0.2, -0.15) is 0 Å². The minimum absolute atomic E-state index is 0.131. The maximum absolute atomic E-state index is 11.9. The van der Waals surface area contributed by atoms with Crippen LogP contribution in [0.4, 0.5) is 0 Å². The van der Waals surface area contributed by atoms with Crippen LogP contribution in [0.2, 0.25) is 0 Å². The van der Waals surface area contributed by atoms with Crippen LogP contribution in [0, 0.1) is 0 Å². The van der Waals surface area contributed by atoms with Gasteiger partial charge in [0.1, 0.15) is 0 Å². The lowest BCUT2D eigenvalue weighted by atomic mass is 9.96. The van der Waals surface area contributed by atoms with Crippen LogP contribution in [-0.2, 0) is 14.3 Å². The topological polar surface area (TPSA) is 43.4 Å². The first kappa shape index (κ1) is 15.7. The Labute approximate surface area is 115 Å². The second-order valence-electron chi connectivity index (χ2n) is 4.99. The maximum Gasteiger partial charge on any atom is 0.223 e. The van der Waals surface area contributed by atoms with E-state index in [1.54, 1.807) is 0 Å². The summed E-state index contributed by atoms with van der Waals surface area (Å²) in [5, 5.41) is 0. The highest BCUT2D eigenvalue weighted by Gasteiger charge is 2.21. The molecule has 0 saturated heterocycles. The normalized spacial score (nSPS) is 15.3. The molecule has 19 heavy (non-hydrogen) atoms. The molecular weight excluding hydrogens is 240 g/mol. The average Bonchev–Trinajstić information content (AvgIpc) is 2.41. The lowest BCUT2D eigenvalue weighted by Crippen LogP contribution is -2.15. The fourth-order valence-corrected chi connectivity index (χ4v) is 2.24. The molecule has 3 nitrogen and oxygen atoms in total. The van der Waals surface area contributed by atoms with E-state index in [1.807, 2.05) is 0 Å². The zero-order chi connectivity index (χ0) is 14.1. The minimum Gasteiger partial charge on any atom is -0.493 e. The molecule has 1 aliphatic rings. The van der Waals surface area contributed by atoms with Gasteiger partial charge in [-0.25, -0.2) is 0 Å². The average molecular weight is 264 g/mol. The van der Waals surface area contributed by atoms with E-state index in [2.05, 4.69) is 6.92 Å². The first-order valence-electron chi connectivity index (χ1n) is 7.24. The van der Waals surface area contributed by atoms with Crippen LogP contribution in [0.1, 0.15) is 58.3 Å². The number of carbonyl (C=O) groups is 2. The predicted molar refractivity (Wildman–Crippen MR) is 75.8 cm³/mol. The smallest absolute Gasteiger partial charge is 0.223 e. The molecule has 0 aromatic carbocycles. The molecule has 0 saturated carbocycles. The summed E-state index contributed by atoms with van der Waals surface area (Å²) in [5.74, 6) is -0.104. The third-order valence-electron chi connectivity index (χ3n) is 3.37. The predicted octanol–water partition coefficient (Wildman–Crippen LogP) is 3.74. The van der Waals surface area contributed by atoms with Crippen molar-refractivity contribution in [2.75, 3.05) is 7.11 Å². The summed E-state index contributed by atoms with van der Waals surface area (Å²) in [4.78, 5) is 23.3. The highest BCUT2D eigenvalue weighted by atomic mass is 16.5. The van der Waals surface area contributed by atoms with Crippen LogP contribution in [0.25, 0.3) is 0 Å². The number of methoxy groups -OCH3 is 1. The van der Waals surface area contributed by atoms with E-state index >= 15 is 0 Å². The Balaban J connectivity index is 2.26. The van der Waals surface area contributed by atoms with Crippen molar-refractivity contribution in [3.05, 3.63) is 23.5 Å². The van der Waals surface area contributed by atoms with Crippen LogP contribution >= 0.6 is 0 Å². The van der Waals surface area contributed by atoms with Crippen LogP contribution in [0.3, 0.4) is 0 Å². The molecule has 0 aromatic rings. The largest absolute Gasteiger partial charge is 0.493 e. The van der Waals surface area contributed by atoms with Gasteiger partial charge in [0.2, 0.25) is 5.78 Å². The summed E-state index contributed by atoms with van der Waals surface area (Å²) in [7, 11) is 1.42. The summed E-state index contributed by atoms with van der Waals surface area (Å²) in [6.45, 7) is 2.21. The van der Waals surface area contributed by atoms with Crippen LogP contribution < -0.4 is 0 Å². The lowest BCUT2D eigenvalue weighted by molar-refractivity contribution is -0.117. The highest BCUT2D eigenvalue weighted by molar-refractivity contribution is 6.19. The zero-order valence-corrected chi connectivity index (χ0v) is 12.0. The van der Waals surface area contributed by atoms with E-state index in [0.29, 0.717) is 12.0 Å². The molecule has 0 unspecified atom stereocenters. The van der Waals surface area contributed by atoms with Gasteiger partial charge < -0.3 is 4.74 Å². The fraction of sp³-hybridized carbons (Fsp3) is 0.625. The number of allylic oxidation sites excluding steroid dienone is 3. The molecule has 0 N–H and O–H groups in total. The highest BCUT2D eigenvalue weighted by Crippen LogP contribution is 2.19. The molecule has 3 heteroatoms. The first-order valence-corrected chi connectivity index (χ1v) is 7.24. The second kappa shape index (κ2) is 8.68. The van der Waals surface area contributed by atoms with Crippen molar-refractivity contribution < 1.29 is 14.3 Å². The first-order chi connectivity index (χ1) is 9.19. The molecule has 0 bridgehead atoms. The van der Waals surface area contributed by atoms with Gasteiger partial charge >= 0.3 is 0 Å². The Bertz CT molecular complexity index is 377. The van der Waals surface area contributed by atoms with Gasteiger partial charge in [-0.3, -0.25) is 9.59 Å². The molecule has 0 amide bonds. The standard InChI is InChI=1S/C16H24O3/c1-3-4-5-6-7-8-9-10-13-11-14(17)12-15(19-2)16(13)18/h11-12H,3-10H2,1-2H3. The Morgan fingerprint density at radius 3 is 2.21 bits per heavy atom. The van der Waals surface area contributed by atoms with Crippen LogP contribution in [0.5, 0.6) is 0 Å². The molecule has 0 fully saturated rings. The number of hydrogen-bond donors (Lipinski definition) is 0. The quantitative estimate of drug-likeness (QED) is 0.470. The van der Waals surface area contributed by atoms with Crippen molar-refractivity contribution in [2.24, 2.45) is 0 Å². The molecule has 0 aliphatic heterocycles. The third kappa shape index (κ3) is 5.41. The summed E-state index contributed by atoms with van der Waals surface area (Å²) >= 11 is 0. The van der Waals surface area contributed by atoms with Crippen molar-refractivity contribution in [1.82, 2.24) is 0 Å². The lowest BCUT2D eigenvalue weighted by Gasteiger charge is -2.12. The van der Waals surface area contributed by atoms with Crippen LogP contribution in [-0.4, -0.2) is 18.7 Å². The minimum atomic E-state index is -0.144. The fourth-order valence-electron chi connectivity index (χ4n) is 2.24. The van der Waals surface area contributed by atoms with Gasteiger partial charge in [-0.05, 0) is 18.9 Å². The number of carbonyl (C=O) groups excluding carboxylic acids is 2. The summed E-state index contributed by atoms with van der Waals surface area (Å²) in [6, 6.07) is 0. The molecule has 1 rings (SSSR count). The molecule has 0 radical (unpaired) electrons. The molecule has 0 heterocycles. The SMILES string of the molecule is CCCCCCCCCC1=CC(=O)C=C(OC)C1=O. The number of ether oxygens (including phenoxy) is 1. The second-order valence-corrected chi connectivity index (χ2v) is 4.99. The molecule has 1 aliphatic carbocycles. The molecule has 106 valence electrons. The van der Waals surface area contributed by atoms with Crippen molar-refractivity contribution in [3.8, 4) is 0 Å². The Kier molecular flexibility index (Phi) is 7.16. The number of hydrogen-bond acceptors (Lipinski definition) is 3. The van der Waals surface area contributed by atoms with Gasteiger partial charge in [0.05, 0.1) is 7.11 Å².